The average Bonchev–Trinajstić information content (AvgIpc) is 2.89. The van der Waals surface area contributed by atoms with Gasteiger partial charge in [-0.15, -0.1) is 11.3 Å². The van der Waals surface area contributed by atoms with Crippen molar-refractivity contribution in [3.63, 3.8) is 0 Å². The summed E-state index contributed by atoms with van der Waals surface area (Å²) >= 11 is 1.68. The summed E-state index contributed by atoms with van der Waals surface area (Å²) in [6, 6.07) is 3.99. The zero-order valence-electron chi connectivity index (χ0n) is 14.2. The van der Waals surface area contributed by atoms with Crippen molar-refractivity contribution >= 4 is 23.5 Å². The van der Waals surface area contributed by atoms with Crippen molar-refractivity contribution in [3.8, 4) is 0 Å². The second-order valence-electron chi connectivity index (χ2n) is 6.63. The molecule has 0 radical (unpaired) electrons. The first-order chi connectivity index (χ1) is 10.7. The Morgan fingerprint density at radius 3 is 2.30 bits per heavy atom. The van der Waals surface area contributed by atoms with Gasteiger partial charge < -0.3 is 19.9 Å². The van der Waals surface area contributed by atoms with Crippen LogP contribution in [0.4, 0.5) is 9.59 Å². The third-order valence-electron chi connectivity index (χ3n) is 3.43. The van der Waals surface area contributed by atoms with Crippen LogP contribution in [0, 0.1) is 6.92 Å². The van der Waals surface area contributed by atoms with Crippen LogP contribution in [0.25, 0.3) is 0 Å². The highest BCUT2D eigenvalue weighted by Crippen LogP contribution is 2.15. The van der Waals surface area contributed by atoms with E-state index >= 15 is 0 Å². The van der Waals surface area contributed by atoms with Gasteiger partial charge in [-0.1, -0.05) is 0 Å². The molecule has 23 heavy (non-hydrogen) atoms. The quantitative estimate of drug-likeness (QED) is 0.901. The van der Waals surface area contributed by atoms with Crippen LogP contribution in [0.15, 0.2) is 12.1 Å². The van der Waals surface area contributed by atoms with Gasteiger partial charge in [-0.2, -0.15) is 0 Å². The predicted molar refractivity (Wildman–Crippen MR) is 90.7 cm³/mol. The average molecular weight is 339 g/mol. The summed E-state index contributed by atoms with van der Waals surface area (Å²) in [5.74, 6) is 0. The highest BCUT2D eigenvalue weighted by molar-refractivity contribution is 7.11. The van der Waals surface area contributed by atoms with Gasteiger partial charge in [0, 0.05) is 35.9 Å². The Labute approximate surface area is 141 Å². The van der Waals surface area contributed by atoms with Gasteiger partial charge in [-0.3, -0.25) is 0 Å². The summed E-state index contributed by atoms with van der Waals surface area (Å²) in [5.41, 5.74) is -0.496. The first-order valence-corrected chi connectivity index (χ1v) is 8.62. The largest absolute Gasteiger partial charge is 0.444 e. The number of hydrogen-bond donors (Lipinski definition) is 1. The summed E-state index contributed by atoms with van der Waals surface area (Å²) in [6.45, 7) is 10.2. The Bertz CT molecular complexity index is 557. The van der Waals surface area contributed by atoms with Crippen molar-refractivity contribution in [2.45, 2.75) is 39.8 Å². The number of hydrogen-bond acceptors (Lipinski definition) is 4. The normalized spacial score (nSPS) is 15.5. The number of piperazine rings is 1. The van der Waals surface area contributed by atoms with Crippen molar-refractivity contribution < 1.29 is 14.3 Å². The molecule has 1 aromatic heterocycles. The summed E-state index contributed by atoms with van der Waals surface area (Å²) in [6.07, 6.45) is -0.313. The number of ether oxygens (including phenoxy) is 1. The highest BCUT2D eigenvalue weighted by atomic mass is 32.1. The SMILES string of the molecule is Cc1ccc(CNC(=O)N2CCN(C(=O)OC(C)(C)C)CC2)s1. The second-order valence-corrected chi connectivity index (χ2v) is 8.00. The molecule has 1 saturated heterocycles. The number of amides is 3. The monoisotopic (exact) mass is 339 g/mol. The van der Waals surface area contributed by atoms with Crippen molar-refractivity contribution in [1.82, 2.24) is 15.1 Å². The fourth-order valence-corrected chi connectivity index (χ4v) is 3.10. The number of nitrogens with zero attached hydrogens (tertiary/aromatic N) is 2. The van der Waals surface area contributed by atoms with E-state index in [2.05, 4.69) is 5.32 Å². The molecule has 0 atom stereocenters. The van der Waals surface area contributed by atoms with Gasteiger partial charge in [-0.05, 0) is 39.8 Å². The lowest BCUT2D eigenvalue weighted by Crippen LogP contribution is -2.53. The first kappa shape index (κ1) is 17.6. The maximum Gasteiger partial charge on any atom is 0.410 e. The van der Waals surface area contributed by atoms with E-state index in [-0.39, 0.29) is 12.1 Å². The number of thiophene rings is 1. The van der Waals surface area contributed by atoms with Crippen LogP contribution in [-0.2, 0) is 11.3 Å². The highest BCUT2D eigenvalue weighted by Gasteiger charge is 2.27. The maximum atomic E-state index is 12.2. The topological polar surface area (TPSA) is 61.9 Å². The van der Waals surface area contributed by atoms with E-state index in [1.807, 2.05) is 39.8 Å². The summed E-state index contributed by atoms with van der Waals surface area (Å²) in [7, 11) is 0. The minimum absolute atomic E-state index is 0.0834. The van der Waals surface area contributed by atoms with E-state index in [4.69, 9.17) is 4.74 Å². The number of aryl methyl sites for hydroxylation is 1. The van der Waals surface area contributed by atoms with Crippen LogP contribution in [0.2, 0.25) is 0 Å². The lowest BCUT2D eigenvalue weighted by atomic mass is 10.2. The third kappa shape index (κ3) is 5.42. The number of carbonyl (C=O) groups excluding carboxylic acids is 2. The molecule has 1 fully saturated rings. The fraction of sp³-hybridized carbons (Fsp3) is 0.625. The zero-order chi connectivity index (χ0) is 17.0. The Morgan fingerprint density at radius 2 is 1.78 bits per heavy atom. The third-order valence-corrected chi connectivity index (χ3v) is 4.43. The molecule has 0 saturated carbocycles. The molecule has 1 aliphatic rings. The van der Waals surface area contributed by atoms with Gasteiger partial charge in [-0.25, -0.2) is 9.59 Å². The Hall–Kier alpha value is -1.76. The lowest BCUT2D eigenvalue weighted by molar-refractivity contribution is 0.0170. The van der Waals surface area contributed by atoms with Gasteiger partial charge in [0.2, 0.25) is 0 Å². The van der Waals surface area contributed by atoms with E-state index in [1.54, 1.807) is 21.1 Å². The number of nitrogens with one attached hydrogen (secondary N) is 1. The summed E-state index contributed by atoms with van der Waals surface area (Å²) in [5, 5.41) is 2.93. The molecule has 7 heteroatoms. The number of carbonyl (C=O) groups is 2. The molecule has 0 aromatic carbocycles. The molecule has 1 N–H and O–H groups in total. The standard InChI is InChI=1S/C16H25N3O3S/c1-12-5-6-13(23-12)11-17-14(20)18-7-9-19(10-8-18)15(21)22-16(2,3)4/h5-6H,7-11H2,1-4H3,(H,17,20). The predicted octanol–water partition coefficient (Wildman–Crippen LogP) is 2.82. The molecule has 0 aliphatic carbocycles. The van der Waals surface area contributed by atoms with Crippen molar-refractivity contribution in [1.29, 1.82) is 0 Å². The number of urea groups is 1. The van der Waals surface area contributed by atoms with Crippen molar-refractivity contribution in [3.05, 3.63) is 21.9 Å². The molecule has 0 bridgehead atoms. The molecule has 6 nitrogen and oxygen atoms in total. The summed E-state index contributed by atoms with van der Waals surface area (Å²) in [4.78, 5) is 29.9. The molecule has 1 aromatic rings. The van der Waals surface area contributed by atoms with Gasteiger partial charge in [0.1, 0.15) is 5.60 Å². The van der Waals surface area contributed by atoms with Gasteiger partial charge in [0.15, 0.2) is 0 Å². The van der Waals surface area contributed by atoms with Gasteiger partial charge >= 0.3 is 12.1 Å². The maximum absolute atomic E-state index is 12.2. The lowest BCUT2D eigenvalue weighted by Gasteiger charge is -2.35. The van der Waals surface area contributed by atoms with Crippen molar-refractivity contribution in [2.75, 3.05) is 26.2 Å². The fourth-order valence-electron chi connectivity index (χ4n) is 2.27. The van der Waals surface area contributed by atoms with Crippen LogP contribution in [0.3, 0.4) is 0 Å². The number of rotatable bonds is 2. The first-order valence-electron chi connectivity index (χ1n) is 7.80. The molecule has 2 rings (SSSR count). The smallest absolute Gasteiger partial charge is 0.410 e. The minimum atomic E-state index is -0.496. The Morgan fingerprint density at radius 1 is 1.17 bits per heavy atom. The molecular formula is C16H25N3O3S. The molecular weight excluding hydrogens is 314 g/mol. The van der Waals surface area contributed by atoms with Crippen LogP contribution in [0.1, 0.15) is 30.5 Å². The molecule has 2 heterocycles. The van der Waals surface area contributed by atoms with E-state index in [0.29, 0.717) is 32.7 Å². The van der Waals surface area contributed by atoms with Gasteiger partial charge in [0.05, 0.1) is 6.54 Å². The summed E-state index contributed by atoms with van der Waals surface area (Å²) < 4.78 is 5.35. The molecule has 1 aliphatic heterocycles. The van der Waals surface area contributed by atoms with Crippen molar-refractivity contribution in [2.24, 2.45) is 0 Å². The van der Waals surface area contributed by atoms with Crippen LogP contribution < -0.4 is 5.32 Å². The van der Waals surface area contributed by atoms with E-state index < -0.39 is 5.60 Å². The van der Waals surface area contributed by atoms with Crippen LogP contribution in [0.5, 0.6) is 0 Å². The van der Waals surface area contributed by atoms with Crippen LogP contribution >= 0.6 is 11.3 Å². The zero-order valence-corrected chi connectivity index (χ0v) is 15.0. The van der Waals surface area contributed by atoms with E-state index in [0.717, 1.165) is 4.88 Å². The Kier molecular flexibility index (Phi) is 5.51. The van der Waals surface area contributed by atoms with Gasteiger partial charge in [0.25, 0.3) is 0 Å². The minimum Gasteiger partial charge on any atom is -0.444 e. The molecule has 3 amide bonds. The van der Waals surface area contributed by atoms with Crippen LogP contribution in [-0.4, -0.2) is 53.7 Å². The van der Waals surface area contributed by atoms with E-state index in [9.17, 15) is 9.59 Å². The second kappa shape index (κ2) is 7.21. The molecule has 0 spiro atoms. The Balaban J connectivity index is 1.75. The molecule has 0 unspecified atom stereocenters. The molecule has 128 valence electrons. The van der Waals surface area contributed by atoms with E-state index in [1.165, 1.54) is 4.88 Å².